The van der Waals surface area contributed by atoms with Crippen LogP contribution in [0.5, 0.6) is 5.75 Å². The molecule has 1 fully saturated rings. The molecule has 0 radical (unpaired) electrons. The summed E-state index contributed by atoms with van der Waals surface area (Å²) in [6.07, 6.45) is 3.10. The number of pyridine rings is 1. The third kappa shape index (κ3) is 4.65. The van der Waals surface area contributed by atoms with Crippen LogP contribution in [0.1, 0.15) is 29.6 Å². The van der Waals surface area contributed by atoms with Gasteiger partial charge in [-0.15, -0.1) is 11.3 Å². The molecule has 3 aromatic rings. The van der Waals surface area contributed by atoms with E-state index in [0.29, 0.717) is 6.42 Å². The maximum atomic E-state index is 12.1. The predicted octanol–water partition coefficient (Wildman–Crippen LogP) is 3.82. The van der Waals surface area contributed by atoms with Crippen molar-refractivity contribution < 1.29 is 14.3 Å². The van der Waals surface area contributed by atoms with E-state index in [1.807, 2.05) is 31.3 Å². The maximum Gasteiger partial charge on any atom is 0.307 e. The van der Waals surface area contributed by atoms with Crippen LogP contribution in [-0.2, 0) is 9.53 Å². The van der Waals surface area contributed by atoms with Gasteiger partial charge in [0.2, 0.25) is 0 Å². The van der Waals surface area contributed by atoms with Crippen molar-refractivity contribution >= 4 is 33.9 Å². The molecule has 0 bridgehead atoms. The Bertz CT molecular complexity index is 1050. The largest absolute Gasteiger partial charge is 0.494 e. The number of thiazole rings is 1. The summed E-state index contributed by atoms with van der Waals surface area (Å²) in [6, 6.07) is 8.01. The molecule has 2 aromatic heterocycles. The molecule has 31 heavy (non-hydrogen) atoms. The highest BCUT2D eigenvalue weighted by Gasteiger charge is 2.29. The summed E-state index contributed by atoms with van der Waals surface area (Å²) in [6.45, 7) is 5.39. The van der Waals surface area contributed by atoms with Crippen LogP contribution in [0.3, 0.4) is 0 Å². The molecule has 7 nitrogen and oxygen atoms in total. The number of aryl methyl sites for hydroxylation is 1. The first-order valence-electron chi connectivity index (χ1n) is 10.5. The monoisotopic (exact) mass is 440 g/mol. The number of carbonyl (C=O) groups excluding carboxylic acids is 1. The van der Waals surface area contributed by atoms with Crippen LogP contribution in [0, 0.1) is 6.92 Å². The van der Waals surface area contributed by atoms with E-state index in [9.17, 15) is 4.79 Å². The number of rotatable bonds is 6. The number of nitrogens with zero attached hydrogens (tertiary/aromatic N) is 4. The molecule has 3 heterocycles. The Balaban J connectivity index is 1.60. The topological polar surface area (TPSA) is 67.8 Å². The molecular weight excluding hydrogens is 412 g/mol. The van der Waals surface area contributed by atoms with Gasteiger partial charge < -0.3 is 14.4 Å². The van der Waals surface area contributed by atoms with Gasteiger partial charge in [-0.05, 0) is 31.5 Å². The standard InChI is InChI=1S/C23H28N4O3S/c1-16-25-18(15-31-16)19(14-21(28)30-3)26-10-5-11-27(13-12-26)23-20(29-2)8-7-17-6-4-9-24-22(17)23/h4,6-9,15,19H,5,10-14H2,1-3H3. The molecule has 0 aliphatic carbocycles. The zero-order valence-corrected chi connectivity index (χ0v) is 19.0. The minimum atomic E-state index is -0.211. The Kier molecular flexibility index (Phi) is 6.67. The van der Waals surface area contributed by atoms with E-state index in [4.69, 9.17) is 9.47 Å². The smallest absolute Gasteiger partial charge is 0.307 e. The van der Waals surface area contributed by atoms with E-state index in [2.05, 4.69) is 31.2 Å². The van der Waals surface area contributed by atoms with Gasteiger partial charge in [-0.25, -0.2) is 4.98 Å². The predicted molar refractivity (Wildman–Crippen MR) is 123 cm³/mol. The number of carbonyl (C=O) groups is 1. The van der Waals surface area contributed by atoms with E-state index in [1.165, 1.54) is 7.11 Å². The van der Waals surface area contributed by atoms with E-state index in [0.717, 1.165) is 65.6 Å². The molecule has 1 saturated heterocycles. The number of methoxy groups -OCH3 is 2. The van der Waals surface area contributed by atoms with Gasteiger partial charge >= 0.3 is 5.97 Å². The van der Waals surface area contributed by atoms with Crippen molar-refractivity contribution in [3.05, 3.63) is 46.5 Å². The fourth-order valence-electron chi connectivity index (χ4n) is 4.25. The second-order valence-corrected chi connectivity index (χ2v) is 8.72. The van der Waals surface area contributed by atoms with Crippen molar-refractivity contribution in [3.63, 3.8) is 0 Å². The Labute approximate surface area is 186 Å². The van der Waals surface area contributed by atoms with E-state index < -0.39 is 0 Å². The molecule has 0 saturated carbocycles. The van der Waals surface area contributed by atoms with Crippen molar-refractivity contribution in [2.45, 2.75) is 25.8 Å². The molecule has 0 N–H and O–H groups in total. The van der Waals surface area contributed by atoms with Gasteiger partial charge in [0.1, 0.15) is 11.4 Å². The number of anilines is 1. The van der Waals surface area contributed by atoms with Gasteiger partial charge in [-0.1, -0.05) is 6.07 Å². The third-order valence-corrected chi connectivity index (χ3v) is 6.58. The third-order valence-electron chi connectivity index (χ3n) is 5.78. The van der Waals surface area contributed by atoms with E-state index >= 15 is 0 Å². The van der Waals surface area contributed by atoms with E-state index in [-0.39, 0.29) is 12.0 Å². The number of hydrogen-bond donors (Lipinski definition) is 0. The molecule has 0 amide bonds. The molecule has 1 aliphatic heterocycles. The summed E-state index contributed by atoms with van der Waals surface area (Å²) in [7, 11) is 3.14. The fraction of sp³-hybridized carbons (Fsp3) is 0.435. The molecular formula is C23H28N4O3S. The maximum absolute atomic E-state index is 12.1. The van der Waals surface area contributed by atoms with Crippen molar-refractivity contribution in [2.24, 2.45) is 0 Å². The van der Waals surface area contributed by atoms with Gasteiger partial charge in [0.05, 0.1) is 42.9 Å². The normalized spacial score (nSPS) is 16.2. The summed E-state index contributed by atoms with van der Waals surface area (Å²) in [5.41, 5.74) is 2.94. The first-order valence-corrected chi connectivity index (χ1v) is 11.4. The highest BCUT2D eigenvalue weighted by atomic mass is 32.1. The first kappa shape index (κ1) is 21.5. The molecule has 164 valence electrons. The number of benzene rings is 1. The molecule has 4 rings (SSSR count). The minimum absolute atomic E-state index is 0.0788. The summed E-state index contributed by atoms with van der Waals surface area (Å²) in [5, 5.41) is 4.16. The summed E-state index contributed by atoms with van der Waals surface area (Å²) >= 11 is 1.62. The van der Waals surface area contributed by atoms with Crippen LogP contribution < -0.4 is 9.64 Å². The van der Waals surface area contributed by atoms with Gasteiger partial charge in [0, 0.05) is 43.1 Å². The number of hydrogen-bond acceptors (Lipinski definition) is 8. The molecule has 1 atom stereocenters. The summed E-state index contributed by atoms with van der Waals surface area (Å²) in [4.78, 5) is 26.2. The van der Waals surface area contributed by atoms with Crippen molar-refractivity contribution in [1.82, 2.24) is 14.9 Å². The Morgan fingerprint density at radius 1 is 1.19 bits per heavy atom. The number of esters is 1. The zero-order chi connectivity index (χ0) is 21.8. The Morgan fingerprint density at radius 3 is 2.81 bits per heavy atom. The lowest BCUT2D eigenvalue weighted by Crippen LogP contribution is -2.35. The van der Waals surface area contributed by atoms with Gasteiger partial charge in [-0.3, -0.25) is 14.7 Å². The second kappa shape index (κ2) is 9.62. The lowest BCUT2D eigenvalue weighted by atomic mass is 10.1. The van der Waals surface area contributed by atoms with Crippen LogP contribution in [0.2, 0.25) is 0 Å². The van der Waals surface area contributed by atoms with Crippen LogP contribution >= 0.6 is 11.3 Å². The van der Waals surface area contributed by atoms with Gasteiger partial charge in [-0.2, -0.15) is 0 Å². The summed E-state index contributed by atoms with van der Waals surface area (Å²) in [5.74, 6) is 0.623. The van der Waals surface area contributed by atoms with Crippen molar-refractivity contribution in [3.8, 4) is 5.75 Å². The quantitative estimate of drug-likeness (QED) is 0.540. The van der Waals surface area contributed by atoms with Crippen molar-refractivity contribution in [1.29, 1.82) is 0 Å². The first-order chi connectivity index (χ1) is 15.1. The minimum Gasteiger partial charge on any atom is -0.494 e. The van der Waals surface area contributed by atoms with Gasteiger partial charge in [0.15, 0.2) is 0 Å². The molecule has 0 spiro atoms. The van der Waals surface area contributed by atoms with Crippen LogP contribution in [-0.4, -0.2) is 61.2 Å². The molecule has 1 aromatic carbocycles. The number of aromatic nitrogens is 2. The van der Waals surface area contributed by atoms with Crippen LogP contribution in [0.15, 0.2) is 35.8 Å². The van der Waals surface area contributed by atoms with Gasteiger partial charge in [0.25, 0.3) is 0 Å². The van der Waals surface area contributed by atoms with Crippen molar-refractivity contribution in [2.75, 3.05) is 45.3 Å². The number of ether oxygens (including phenoxy) is 2. The lowest BCUT2D eigenvalue weighted by Gasteiger charge is -2.29. The van der Waals surface area contributed by atoms with Crippen LogP contribution in [0.4, 0.5) is 5.69 Å². The fourth-order valence-corrected chi connectivity index (χ4v) is 4.91. The molecule has 8 heteroatoms. The second-order valence-electron chi connectivity index (χ2n) is 7.66. The highest BCUT2D eigenvalue weighted by Crippen LogP contribution is 2.36. The van der Waals surface area contributed by atoms with E-state index in [1.54, 1.807) is 18.4 Å². The SMILES string of the molecule is COC(=O)CC(c1csc(C)n1)N1CCCN(c2c(OC)ccc3cccnc23)CC1. The average molecular weight is 441 g/mol. The molecule has 1 unspecified atom stereocenters. The zero-order valence-electron chi connectivity index (χ0n) is 18.2. The number of fused-ring (bicyclic) bond motifs is 1. The molecule has 1 aliphatic rings. The summed E-state index contributed by atoms with van der Waals surface area (Å²) < 4.78 is 10.7. The Hall–Kier alpha value is -2.71. The average Bonchev–Trinajstić information content (AvgIpc) is 3.08. The highest BCUT2D eigenvalue weighted by molar-refractivity contribution is 7.09. The van der Waals surface area contributed by atoms with Crippen LogP contribution in [0.25, 0.3) is 10.9 Å². The Morgan fingerprint density at radius 2 is 2.06 bits per heavy atom. The lowest BCUT2D eigenvalue weighted by molar-refractivity contribution is -0.142.